The average Bonchev–Trinajstić information content (AvgIpc) is 2.47. The molecule has 0 saturated heterocycles. The molecule has 1 nitrogen and oxygen atoms in total. The summed E-state index contributed by atoms with van der Waals surface area (Å²) in [7, 11) is 0. The van der Waals surface area contributed by atoms with Crippen molar-refractivity contribution in [3.8, 4) is 0 Å². The molecule has 3 rings (SSSR count). The van der Waals surface area contributed by atoms with Crippen LogP contribution in [0.2, 0.25) is 0 Å². The third kappa shape index (κ3) is 3.23. The van der Waals surface area contributed by atoms with E-state index >= 15 is 0 Å². The smallest absolute Gasteiger partial charge is 0.115 e. The molecular weight excluding hydrogens is 256 g/mol. The molecule has 0 N–H and O–H groups in total. The summed E-state index contributed by atoms with van der Waals surface area (Å²) in [4.78, 5) is 0. The molecule has 1 heteroatoms. The molecule has 0 spiro atoms. The fourth-order valence-corrected chi connectivity index (χ4v) is 3.72. The first-order valence-corrected chi connectivity index (χ1v) is 8.22. The maximum absolute atomic E-state index is 6.06. The Kier molecular flexibility index (Phi) is 4.19. The van der Waals surface area contributed by atoms with Gasteiger partial charge in [-0.1, -0.05) is 49.6 Å². The minimum Gasteiger partial charge on any atom is -0.489 e. The van der Waals surface area contributed by atoms with Crippen molar-refractivity contribution in [2.45, 2.75) is 46.6 Å². The third-order valence-electron chi connectivity index (χ3n) is 5.11. The summed E-state index contributed by atoms with van der Waals surface area (Å²) in [6.45, 7) is 7.35. The van der Waals surface area contributed by atoms with E-state index in [0.29, 0.717) is 12.5 Å². The largest absolute Gasteiger partial charge is 0.489 e. The first kappa shape index (κ1) is 14.4. The monoisotopic (exact) mass is 282 g/mol. The lowest BCUT2D eigenvalue weighted by atomic mass is 9.71. The number of rotatable bonds is 3. The number of hydrogen-bond donors (Lipinski definition) is 0. The van der Waals surface area contributed by atoms with Crippen LogP contribution in [0.4, 0.5) is 0 Å². The molecule has 21 heavy (non-hydrogen) atoms. The number of allylic oxidation sites excluding steroid dienone is 3. The molecule has 1 aromatic rings. The predicted octanol–water partition coefficient (Wildman–Crippen LogP) is 5.33. The van der Waals surface area contributed by atoms with Crippen LogP contribution in [0.3, 0.4) is 0 Å². The second-order valence-electron chi connectivity index (χ2n) is 6.80. The Hall–Kier alpha value is -1.50. The molecule has 0 radical (unpaired) electrons. The van der Waals surface area contributed by atoms with E-state index in [1.807, 2.05) is 0 Å². The first-order chi connectivity index (χ1) is 10.1. The zero-order valence-electron chi connectivity index (χ0n) is 13.4. The van der Waals surface area contributed by atoms with Crippen molar-refractivity contribution in [2.75, 3.05) is 0 Å². The summed E-state index contributed by atoms with van der Waals surface area (Å²) in [6.07, 6.45) is 11.0. The minimum atomic E-state index is 0.675. The highest BCUT2D eigenvalue weighted by Crippen LogP contribution is 2.39. The van der Waals surface area contributed by atoms with Crippen molar-refractivity contribution in [1.82, 2.24) is 0 Å². The van der Waals surface area contributed by atoms with Crippen LogP contribution in [0.25, 0.3) is 0 Å². The highest BCUT2D eigenvalue weighted by atomic mass is 16.5. The van der Waals surface area contributed by atoms with Crippen LogP contribution < -0.4 is 0 Å². The summed E-state index contributed by atoms with van der Waals surface area (Å²) in [5.41, 5.74) is 3.92. The van der Waals surface area contributed by atoms with E-state index in [9.17, 15) is 0 Å². The van der Waals surface area contributed by atoms with Crippen molar-refractivity contribution >= 4 is 0 Å². The van der Waals surface area contributed by atoms with Crippen LogP contribution in [0.5, 0.6) is 0 Å². The maximum Gasteiger partial charge on any atom is 0.115 e. The molecule has 2 aliphatic rings. The lowest BCUT2D eigenvalue weighted by molar-refractivity contribution is 0.186. The van der Waals surface area contributed by atoms with Crippen molar-refractivity contribution in [3.63, 3.8) is 0 Å². The van der Waals surface area contributed by atoms with Crippen molar-refractivity contribution in [1.29, 1.82) is 0 Å². The molecule has 3 atom stereocenters. The highest BCUT2D eigenvalue weighted by Gasteiger charge is 2.29. The zero-order valence-corrected chi connectivity index (χ0v) is 13.4. The molecule has 0 amide bonds. The number of ether oxygens (including phenoxy) is 1. The van der Waals surface area contributed by atoms with Gasteiger partial charge in [0.25, 0.3) is 0 Å². The third-order valence-corrected chi connectivity index (χ3v) is 5.11. The molecule has 0 heterocycles. The lowest BCUT2D eigenvalue weighted by Crippen LogP contribution is -2.26. The van der Waals surface area contributed by atoms with Crippen LogP contribution in [-0.4, -0.2) is 0 Å². The Labute approximate surface area is 128 Å². The average molecular weight is 282 g/mol. The van der Waals surface area contributed by atoms with Gasteiger partial charge in [-0.05, 0) is 61.3 Å². The van der Waals surface area contributed by atoms with Gasteiger partial charge in [0.2, 0.25) is 0 Å². The standard InChI is InChI=1S/C20H26O/c1-14-7-8-18(16(3)11-14)13-21-19-10-9-17-6-4-5-15(2)20(17)12-19/h7-12,15,17,20H,4-6,13H2,1-3H3. The second kappa shape index (κ2) is 6.09. The summed E-state index contributed by atoms with van der Waals surface area (Å²) >= 11 is 0. The fourth-order valence-electron chi connectivity index (χ4n) is 3.72. The Morgan fingerprint density at radius 3 is 2.86 bits per heavy atom. The van der Waals surface area contributed by atoms with Gasteiger partial charge in [0.05, 0.1) is 0 Å². The molecule has 2 aliphatic carbocycles. The van der Waals surface area contributed by atoms with Crippen LogP contribution >= 0.6 is 0 Å². The molecule has 3 unspecified atom stereocenters. The van der Waals surface area contributed by atoms with Gasteiger partial charge in [-0.2, -0.15) is 0 Å². The van der Waals surface area contributed by atoms with E-state index in [1.165, 1.54) is 36.0 Å². The minimum absolute atomic E-state index is 0.675. The summed E-state index contributed by atoms with van der Waals surface area (Å²) in [6, 6.07) is 6.57. The van der Waals surface area contributed by atoms with Crippen LogP contribution in [0.1, 0.15) is 42.9 Å². The highest BCUT2D eigenvalue weighted by molar-refractivity contribution is 5.30. The van der Waals surface area contributed by atoms with E-state index in [1.54, 1.807) is 0 Å². The lowest BCUT2D eigenvalue weighted by Gasteiger charge is -2.35. The van der Waals surface area contributed by atoms with Crippen molar-refractivity contribution in [2.24, 2.45) is 17.8 Å². The van der Waals surface area contributed by atoms with E-state index in [0.717, 1.165) is 17.6 Å². The quantitative estimate of drug-likeness (QED) is 0.728. The topological polar surface area (TPSA) is 9.23 Å². The number of fused-ring (bicyclic) bond motifs is 1. The van der Waals surface area contributed by atoms with Crippen molar-refractivity contribution < 1.29 is 4.74 Å². The van der Waals surface area contributed by atoms with Gasteiger partial charge in [0.15, 0.2) is 0 Å². The van der Waals surface area contributed by atoms with Gasteiger partial charge in [-0.3, -0.25) is 0 Å². The summed E-state index contributed by atoms with van der Waals surface area (Å²) < 4.78 is 6.06. The van der Waals surface area contributed by atoms with Crippen LogP contribution in [0.15, 0.2) is 42.2 Å². The Balaban J connectivity index is 1.66. The summed E-state index contributed by atoms with van der Waals surface area (Å²) in [5.74, 6) is 3.26. The van der Waals surface area contributed by atoms with Gasteiger partial charge in [0.1, 0.15) is 12.4 Å². The van der Waals surface area contributed by atoms with E-state index in [-0.39, 0.29) is 0 Å². The fraction of sp³-hybridized carbons (Fsp3) is 0.500. The van der Waals surface area contributed by atoms with Gasteiger partial charge in [0, 0.05) is 0 Å². The maximum atomic E-state index is 6.06. The molecule has 1 saturated carbocycles. The van der Waals surface area contributed by atoms with Crippen molar-refractivity contribution in [3.05, 3.63) is 58.9 Å². The van der Waals surface area contributed by atoms with Gasteiger partial charge in [-0.25, -0.2) is 0 Å². The molecule has 112 valence electrons. The van der Waals surface area contributed by atoms with Crippen LogP contribution in [0, 0.1) is 31.6 Å². The Bertz CT molecular complexity index is 567. The Morgan fingerprint density at radius 1 is 1.19 bits per heavy atom. The van der Waals surface area contributed by atoms with Gasteiger partial charge in [-0.15, -0.1) is 0 Å². The SMILES string of the molecule is Cc1ccc(COC2=CC3C(C)CCCC3C=C2)c(C)c1. The van der Waals surface area contributed by atoms with E-state index < -0.39 is 0 Å². The number of hydrogen-bond acceptors (Lipinski definition) is 1. The summed E-state index contributed by atoms with van der Waals surface area (Å²) in [5, 5.41) is 0. The van der Waals surface area contributed by atoms with Gasteiger partial charge < -0.3 is 4.74 Å². The second-order valence-corrected chi connectivity index (χ2v) is 6.80. The molecule has 1 fully saturated rings. The zero-order chi connectivity index (χ0) is 14.8. The molecule has 0 aliphatic heterocycles. The Morgan fingerprint density at radius 2 is 2.05 bits per heavy atom. The van der Waals surface area contributed by atoms with E-state index in [4.69, 9.17) is 4.74 Å². The van der Waals surface area contributed by atoms with E-state index in [2.05, 4.69) is 57.2 Å². The molecule has 1 aromatic carbocycles. The molecule has 0 aromatic heterocycles. The van der Waals surface area contributed by atoms with Crippen LogP contribution in [-0.2, 0) is 11.3 Å². The molecular formula is C20H26O. The normalized spacial score (nSPS) is 28.0. The predicted molar refractivity (Wildman–Crippen MR) is 87.9 cm³/mol. The van der Waals surface area contributed by atoms with Gasteiger partial charge >= 0.3 is 0 Å². The number of benzene rings is 1. The first-order valence-electron chi connectivity index (χ1n) is 8.22. The molecule has 0 bridgehead atoms. The number of aryl methyl sites for hydroxylation is 2.